The van der Waals surface area contributed by atoms with Crippen LogP contribution in [0.4, 0.5) is 0 Å². The topological polar surface area (TPSA) is 70.1 Å². The van der Waals surface area contributed by atoms with Crippen LogP contribution in [-0.2, 0) is 0 Å². The number of rotatable bonds is 4. The first kappa shape index (κ1) is 12.9. The fraction of sp³-hybridized carbons (Fsp3) is 0.214. The molecule has 1 aliphatic carbocycles. The van der Waals surface area contributed by atoms with Crippen LogP contribution in [0.3, 0.4) is 0 Å². The van der Waals surface area contributed by atoms with E-state index >= 15 is 0 Å². The molecule has 2 aromatic rings. The van der Waals surface area contributed by atoms with Gasteiger partial charge in [-0.1, -0.05) is 29.8 Å². The smallest absolute Gasteiger partial charge is 0.281 e. The first-order valence-electron chi connectivity index (χ1n) is 6.37. The lowest BCUT2D eigenvalue weighted by Crippen LogP contribution is -2.18. The van der Waals surface area contributed by atoms with E-state index in [1.807, 2.05) is 18.2 Å². The summed E-state index contributed by atoms with van der Waals surface area (Å²) in [7, 11) is 0. The molecule has 1 aromatic carbocycles. The van der Waals surface area contributed by atoms with Crippen LogP contribution in [0.25, 0.3) is 0 Å². The Hall–Kier alpha value is -2.14. The highest BCUT2D eigenvalue weighted by atomic mass is 35.5. The first-order valence-corrected chi connectivity index (χ1v) is 6.75. The fourth-order valence-electron chi connectivity index (χ4n) is 1.85. The van der Waals surface area contributed by atoms with Gasteiger partial charge in [-0.25, -0.2) is 5.43 Å². The molecule has 0 radical (unpaired) electrons. The van der Waals surface area contributed by atoms with E-state index in [4.69, 9.17) is 11.6 Å². The standard InChI is InChI=1S/C14H13ClN4O/c15-11-4-2-1-3-10(11)8-16-19-14(20)13-7-12(17-18-13)9-5-6-9/h1-4,7-9H,5-6H2,(H,17,18)(H,19,20)/b16-8-. The first-order chi connectivity index (χ1) is 9.74. The van der Waals surface area contributed by atoms with Crippen LogP contribution in [-0.4, -0.2) is 22.3 Å². The number of aromatic nitrogens is 2. The van der Waals surface area contributed by atoms with Crippen molar-refractivity contribution in [3.05, 3.63) is 52.3 Å². The molecule has 2 N–H and O–H groups in total. The SMILES string of the molecule is O=C(N/N=C\c1ccccc1Cl)c1cc(C2CC2)[nH]n1. The number of nitrogens with one attached hydrogen (secondary N) is 2. The summed E-state index contributed by atoms with van der Waals surface area (Å²) in [5.41, 5.74) is 4.55. The highest BCUT2D eigenvalue weighted by molar-refractivity contribution is 6.33. The second-order valence-electron chi connectivity index (χ2n) is 4.70. The van der Waals surface area contributed by atoms with Gasteiger partial charge in [0.1, 0.15) is 0 Å². The molecule has 0 bridgehead atoms. The van der Waals surface area contributed by atoms with Gasteiger partial charge in [-0.3, -0.25) is 9.89 Å². The highest BCUT2D eigenvalue weighted by Crippen LogP contribution is 2.38. The zero-order valence-corrected chi connectivity index (χ0v) is 11.4. The van der Waals surface area contributed by atoms with Crippen molar-refractivity contribution in [1.82, 2.24) is 15.6 Å². The summed E-state index contributed by atoms with van der Waals surface area (Å²) in [6, 6.07) is 9.04. The Morgan fingerprint density at radius 1 is 1.45 bits per heavy atom. The lowest BCUT2D eigenvalue weighted by molar-refractivity contribution is 0.0950. The number of H-pyrrole nitrogens is 1. The number of aromatic amines is 1. The maximum atomic E-state index is 11.8. The molecule has 0 saturated heterocycles. The molecule has 0 aliphatic heterocycles. The molecule has 0 spiro atoms. The van der Waals surface area contributed by atoms with E-state index in [0.717, 1.165) is 24.1 Å². The second-order valence-corrected chi connectivity index (χ2v) is 5.11. The van der Waals surface area contributed by atoms with E-state index < -0.39 is 0 Å². The number of carbonyl (C=O) groups is 1. The number of halogens is 1. The third-order valence-corrected chi connectivity index (χ3v) is 3.47. The summed E-state index contributed by atoms with van der Waals surface area (Å²) >= 11 is 5.98. The van der Waals surface area contributed by atoms with Gasteiger partial charge in [-0.2, -0.15) is 10.2 Å². The van der Waals surface area contributed by atoms with E-state index in [9.17, 15) is 4.79 Å². The van der Waals surface area contributed by atoms with Crippen LogP contribution >= 0.6 is 11.6 Å². The monoisotopic (exact) mass is 288 g/mol. The van der Waals surface area contributed by atoms with E-state index in [1.54, 1.807) is 12.1 Å². The average Bonchev–Trinajstić information content (AvgIpc) is 3.18. The number of hydrogen-bond acceptors (Lipinski definition) is 3. The van der Waals surface area contributed by atoms with Crippen LogP contribution in [0.1, 0.15) is 40.5 Å². The number of carbonyl (C=O) groups excluding carboxylic acids is 1. The van der Waals surface area contributed by atoms with Gasteiger partial charge in [0.05, 0.1) is 6.21 Å². The molecule has 5 nitrogen and oxygen atoms in total. The predicted octanol–water partition coefficient (Wildman–Crippen LogP) is 2.70. The zero-order valence-electron chi connectivity index (χ0n) is 10.6. The highest BCUT2D eigenvalue weighted by Gasteiger charge is 2.26. The molecule has 0 unspecified atom stereocenters. The molecule has 1 aliphatic rings. The quantitative estimate of drug-likeness (QED) is 0.671. The Kier molecular flexibility index (Phi) is 3.52. The van der Waals surface area contributed by atoms with Gasteiger partial charge in [-0.15, -0.1) is 0 Å². The number of amides is 1. The van der Waals surface area contributed by atoms with E-state index in [2.05, 4.69) is 20.7 Å². The molecule has 1 fully saturated rings. The molecule has 1 heterocycles. The average molecular weight is 289 g/mol. The van der Waals surface area contributed by atoms with Crippen molar-refractivity contribution < 1.29 is 4.79 Å². The predicted molar refractivity (Wildman–Crippen MR) is 77.1 cm³/mol. The number of benzene rings is 1. The minimum absolute atomic E-state index is 0.337. The Morgan fingerprint density at radius 3 is 3.00 bits per heavy atom. The maximum absolute atomic E-state index is 11.8. The molecule has 3 rings (SSSR count). The van der Waals surface area contributed by atoms with Crippen molar-refractivity contribution in [3.8, 4) is 0 Å². The maximum Gasteiger partial charge on any atom is 0.291 e. The molecule has 6 heteroatoms. The third-order valence-electron chi connectivity index (χ3n) is 3.12. The number of hydrogen-bond donors (Lipinski definition) is 2. The molecule has 1 aromatic heterocycles. The van der Waals surface area contributed by atoms with E-state index in [-0.39, 0.29) is 5.91 Å². The molecule has 20 heavy (non-hydrogen) atoms. The fourth-order valence-corrected chi connectivity index (χ4v) is 2.04. The Balaban J connectivity index is 1.62. The Morgan fingerprint density at radius 2 is 2.25 bits per heavy atom. The molecule has 1 amide bonds. The molecular weight excluding hydrogens is 276 g/mol. The summed E-state index contributed by atoms with van der Waals surface area (Å²) in [5, 5.41) is 11.3. The molecule has 0 atom stereocenters. The van der Waals surface area contributed by atoms with Crippen LogP contribution in [0.5, 0.6) is 0 Å². The van der Waals surface area contributed by atoms with Crippen molar-refractivity contribution in [2.75, 3.05) is 0 Å². The molecule has 102 valence electrons. The van der Waals surface area contributed by atoms with Gasteiger partial charge >= 0.3 is 0 Å². The lowest BCUT2D eigenvalue weighted by Gasteiger charge is -1.97. The summed E-state index contributed by atoms with van der Waals surface area (Å²) in [5.74, 6) is 0.201. The number of nitrogens with zero attached hydrogens (tertiary/aromatic N) is 2. The lowest BCUT2D eigenvalue weighted by atomic mass is 10.2. The summed E-state index contributed by atoms with van der Waals surface area (Å²) in [6.45, 7) is 0. The van der Waals surface area contributed by atoms with Gasteiger partial charge in [0, 0.05) is 22.2 Å². The second kappa shape index (κ2) is 5.46. The van der Waals surface area contributed by atoms with E-state index in [0.29, 0.717) is 16.6 Å². The van der Waals surface area contributed by atoms with Gasteiger partial charge in [0.25, 0.3) is 5.91 Å². The molecule has 1 saturated carbocycles. The van der Waals surface area contributed by atoms with Crippen LogP contribution < -0.4 is 5.43 Å². The summed E-state index contributed by atoms with van der Waals surface area (Å²) in [4.78, 5) is 11.8. The molecular formula is C14H13ClN4O. The Bertz CT molecular complexity index is 661. The van der Waals surface area contributed by atoms with Gasteiger partial charge < -0.3 is 0 Å². The number of hydrazone groups is 1. The van der Waals surface area contributed by atoms with Crippen LogP contribution in [0, 0.1) is 0 Å². The van der Waals surface area contributed by atoms with Gasteiger partial charge in [0.15, 0.2) is 5.69 Å². The van der Waals surface area contributed by atoms with Crippen LogP contribution in [0.2, 0.25) is 5.02 Å². The van der Waals surface area contributed by atoms with Crippen molar-refractivity contribution >= 4 is 23.7 Å². The summed E-state index contributed by atoms with van der Waals surface area (Å²) < 4.78 is 0. The summed E-state index contributed by atoms with van der Waals surface area (Å²) in [6.07, 6.45) is 3.83. The van der Waals surface area contributed by atoms with Gasteiger partial charge in [-0.05, 0) is 25.0 Å². The largest absolute Gasteiger partial charge is 0.291 e. The van der Waals surface area contributed by atoms with Crippen molar-refractivity contribution in [2.45, 2.75) is 18.8 Å². The normalized spacial score (nSPS) is 14.7. The van der Waals surface area contributed by atoms with E-state index in [1.165, 1.54) is 6.21 Å². The van der Waals surface area contributed by atoms with Crippen molar-refractivity contribution in [2.24, 2.45) is 5.10 Å². The van der Waals surface area contributed by atoms with Gasteiger partial charge in [0.2, 0.25) is 0 Å². The minimum atomic E-state index is -0.337. The third kappa shape index (κ3) is 2.88. The van der Waals surface area contributed by atoms with Crippen molar-refractivity contribution in [1.29, 1.82) is 0 Å². The minimum Gasteiger partial charge on any atom is -0.281 e. The zero-order chi connectivity index (χ0) is 13.9. The van der Waals surface area contributed by atoms with Crippen molar-refractivity contribution in [3.63, 3.8) is 0 Å². The Labute approximate surface area is 121 Å². The van der Waals surface area contributed by atoms with Crippen LogP contribution in [0.15, 0.2) is 35.4 Å².